The van der Waals surface area contributed by atoms with E-state index in [2.05, 4.69) is 43.0 Å². The number of aromatic nitrogens is 5. The molecule has 3 N–H and O–H groups in total. The Morgan fingerprint density at radius 3 is 2.62 bits per heavy atom. The Morgan fingerprint density at radius 1 is 1.17 bits per heavy atom. The highest BCUT2D eigenvalue weighted by atomic mass is 32.1. The quantitative estimate of drug-likeness (QED) is 0.294. The molecule has 5 heterocycles. The van der Waals surface area contributed by atoms with Crippen molar-refractivity contribution in [3.8, 4) is 34.1 Å². The molecule has 1 saturated carbocycles. The number of fused-ring (bicyclic) bond motifs is 3. The van der Waals surface area contributed by atoms with Crippen molar-refractivity contribution in [2.45, 2.75) is 51.3 Å². The second-order valence-corrected chi connectivity index (χ2v) is 12.4. The van der Waals surface area contributed by atoms with Gasteiger partial charge in [0, 0.05) is 31.0 Å². The summed E-state index contributed by atoms with van der Waals surface area (Å²) >= 11 is 1.47. The van der Waals surface area contributed by atoms with Crippen molar-refractivity contribution in [2.75, 3.05) is 23.3 Å². The van der Waals surface area contributed by atoms with Crippen LogP contribution in [0, 0.1) is 34.5 Å². The van der Waals surface area contributed by atoms with Gasteiger partial charge in [-0.1, -0.05) is 11.3 Å². The smallest absolute Gasteiger partial charge is 0.251 e. The topological polar surface area (TPSA) is 168 Å². The first-order chi connectivity index (χ1) is 20.1. The summed E-state index contributed by atoms with van der Waals surface area (Å²) in [7, 11) is 0. The molecule has 1 amide bonds. The van der Waals surface area contributed by atoms with Gasteiger partial charge in [0.05, 0.1) is 40.3 Å². The van der Waals surface area contributed by atoms with E-state index < -0.39 is 11.6 Å². The fourth-order valence-corrected chi connectivity index (χ4v) is 6.69. The molecule has 3 atom stereocenters. The third-order valence-corrected chi connectivity index (χ3v) is 8.98. The Bertz CT molecular complexity index is 1730. The molecule has 6 rings (SSSR count). The zero-order valence-corrected chi connectivity index (χ0v) is 24.3. The first kappa shape index (κ1) is 27.6. The van der Waals surface area contributed by atoms with Crippen molar-refractivity contribution < 1.29 is 9.90 Å². The lowest BCUT2D eigenvalue weighted by atomic mass is 9.91. The van der Waals surface area contributed by atoms with Crippen LogP contribution >= 0.6 is 11.3 Å². The number of rotatable bonds is 7. The summed E-state index contributed by atoms with van der Waals surface area (Å²) in [5, 5.41) is 50.1. The van der Waals surface area contributed by atoms with E-state index in [1.54, 1.807) is 23.7 Å². The molecule has 1 aliphatic heterocycles. The van der Waals surface area contributed by atoms with Gasteiger partial charge >= 0.3 is 0 Å². The van der Waals surface area contributed by atoms with Gasteiger partial charge in [-0.2, -0.15) is 15.6 Å². The fraction of sp³-hybridized carbons (Fsp3) is 0.414. The Morgan fingerprint density at radius 2 is 1.93 bits per heavy atom. The van der Waals surface area contributed by atoms with Crippen molar-refractivity contribution >= 4 is 33.6 Å². The van der Waals surface area contributed by atoms with Crippen molar-refractivity contribution in [3.05, 3.63) is 42.2 Å². The molecule has 214 valence electrons. The zero-order valence-electron chi connectivity index (χ0n) is 23.4. The molecule has 0 aromatic carbocycles. The molecule has 4 aromatic rings. The van der Waals surface area contributed by atoms with Crippen LogP contribution in [0.1, 0.15) is 39.2 Å². The predicted molar refractivity (Wildman–Crippen MR) is 157 cm³/mol. The van der Waals surface area contributed by atoms with Gasteiger partial charge in [-0.05, 0) is 69.7 Å². The van der Waals surface area contributed by atoms with Crippen molar-refractivity contribution in [2.24, 2.45) is 11.8 Å². The fourth-order valence-electron chi connectivity index (χ4n) is 5.80. The van der Waals surface area contributed by atoms with E-state index in [-0.39, 0.29) is 23.8 Å². The molecule has 2 bridgehead atoms. The largest absolute Gasteiger partial charge is 0.381 e. The molecule has 4 aromatic heterocycles. The SMILES string of the molecule is C[C@H](C#N)Nc1cc(-c2ccc3cc(C#N)cnn23)ncc1-c1nnc(N2CC3CCC(C2)C3NC(=O)C(C)(C)O)s1. The van der Waals surface area contributed by atoms with Gasteiger partial charge in [-0.25, -0.2) is 4.52 Å². The number of anilines is 2. The maximum atomic E-state index is 12.4. The monoisotopic (exact) mass is 582 g/mol. The van der Waals surface area contributed by atoms with Gasteiger partial charge in [-0.15, -0.1) is 10.2 Å². The summed E-state index contributed by atoms with van der Waals surface area (Å²) in [6, 6.07) is 11.3. The molecule has 1 aliphatic carbocycles. The molecule has 2 aliphatic rings. The lowest BCUT2D eigenvalue weighted by Gasteiger charge is -2.38. The molecule has 13 heteroatoms. The second kappa shape index (κ2) is 10.7. The molecular formula is C29H30N10O2S. The first-order valence-corrected chi connectivity index (χ1v) is 14.6. The predicted octanol–water partition coefficient (Wildman–Crippen LogP) is 3.21. The van der Waals surface area contributed by atoms with E-state index in [9.17, 15) is 20.4 Å². The van der Waals surface area contributed by atoms with E-state index in [1.165, 1.54) is 31.4 Å². The third kappa shape index (κ3) is 5.13. The van der Waals surface area contributed by atoms with Gasteiger partial charge in [0.25, 0.3) is 5.91 Å². The van der Waals surface area contributed by atoms with Gasteiger partial charge in [0.2, 0.25) is 5.13 Å². The van der Waals surface area contributed by atoms with Crippen LogP contribution in [-0.2, 0) is 4.79 Å². The van der Waals surface area contributed by atoms with Gasteiger partial charge in [-0.3, -0.25) is 9.78 Å². The van der Waals surface area contributed by atoms with E-state index in [1.807, 2.05) is 18.2 Å². The minimum absolute atomic E-state index is 0.0405. The Hall–Kier alpha value is -4.59. The Labute approximate surface area is 246 Å². The highest BCUT2D eigenvalue weighted by molar-refractivity contribution is 7.18. The van der Waals surface area contributed by atoms with Crippen molar-refractivity contribution in [1.82, 2.24) is 30.1 Å². The second-order valence-electron chi connectivity index (χ2n) is 11.5. The van der Waals surface area contributed by atoms with Crippen LogP contribution in [0.4, 0.5) is 10.8 Å². The highest BCUT2D eigenvalue weighted by Gasteiger charge is 2.44. The average molecular weight is 583 g/mol. The lowest BCUT2D eigenvalue weighted by molar-refractivity contribution is -0.137. The van der Waals surface area contributed by atoms with Crippen LogP contribution in [0.2, 0.25) is 0 Å². The molecular weight excluding hydrogens is 552 g/mol. The van der Waals surface area contributed by atoms with Gasteiger partial charge < -0.3 is 20.6 Å². The van der Waals surface area contributed by atoms with Crippen LogP contribution < -0.4 is 15.5 Å². The number of nitrogens with zero attached hydrogens (tertiary/aromatic N) is 8. The molecule has 0 spiro atoms. The van der Waals surface area contributed by atoms with Crippen LogP contribution in [0.25, 0.3) is 27.5 Å². The summed E-state index contributed by atoms with van der Waals surface area (Å²) in [5.41, 5.74) is 2.69. The summed E-state index contributed by atoms with van der Waals surface area (Å²) in [6.45, 7) is 6.29. The number of carbonyl (C=O) groups is 1. The number of aliphatic hydroxyl groups is 1. The zero-order chi connectivity index (χ0) is 29.6. The number of carbonyl (C=O) groups excluding carboxylic acids is 1. The van der Waals surface area contributed by atoms with Crippen molar-refractivity contribution in [1.29, 1.82) is 10.5 Å². The first-order valence-electron chi connectivity index (χ1n) is 13.8. The summed E-state index contributed by atoms with van der Waals surface area (Å²) in [6.07, 6.45) is 5.27. The van der Waals surface area contributed by atoms with Crippen LogP contribution in [0.15, 0.2) is 36.7 Å². The number of amides is 1. The molecule has 2 unspecified atom stereocenters. The van der Waals surface area contributed by atoms with E-state index in [4.69, 9.17) is 4.98 Å². The number of nitriles is 2. The van der Waals surface area contributed by atoms with E-state index in [0.29, 0.717) is 22.0 Å². The van der Waals surface area contributed by atoms with Gasteiger partial charge in [0.1, 0.15) is 17.7 Å². The summed E-state index contributed by atoms with van der Waals surface area (Å²) in [5.74, 6) is 0.202. The normalized spacial score (nSPS) is 20.6. The standard InChI is InChI=1S/C29H30N10O2S/c1-16(10-30)34-22-9-23(24-7-6-20-8-17(11-31)12-33-39(20)24)32-13-21(22)26-36-37-28(42-26)38-14-18-4-5-19(15-38)25(18)35-27(40)29(2,3)41/h6-9,12-13,16,18-19,25,41H,4-5,14-15H2,1-3H3,(H,32,34)(H,35,40)/t16-,18?,19?,25?/m1/s1. The Kier molecular flexibility index (Phi) is 7.01. The van der Waals surface area contributed by atoms with Crippen LogP contribution in [0.3, 0.4) is 0 Å². The van der Waals surface area contributed by atoms with Crippen molar-refractivity contribution in [3.63, 3.8) is 0 Å². The van der Waals surface area contributed by atoms with E-state index in [0.717, 1.165) is 47.8 Å². The average Bonchev–Trinajstić information content (AvgIpc) is 3.68. The summed E-state index contributed by atoms with van der Waals surface area (Å²) < 4.78 is 1.73. The van der Waals surface area contributed by atoms with Gasteiger partial charge in [0.15, 0.2) is 5.01 Å². The molecule has 1 saturated heterocycles. The number of nitrogens with one attached hydrogen (secondary N) is 2. The van der Waals surface area contributed by atoms with Crippen LogP contribution in [-0.4, -0.2) is 66.6 Å². The van der Waals surface area contributed by atoms with Crippen LogP contribution in [0.5, 0.6) is 0 Å². The number of pyridine rings is 1. The summed E-state index contributed by atoms with van der Waals surface area (Å²) in [4.78, 5) is 19.4. The minimum Gasteiger partial charge on any atom is -0.381 e. The Balaban J connectivity index is 1.27. The number of hydrogen-bond donors (Lipinski definition) is 3. The maximum absolute atomic E-state index is 12.4. The molecule has 2 fully saturated rings. The van der Waals surface area contributed by atoms with E-state index >= 15 is 0 Å². The molecule has 12 nitrogen and oxygen atoms in total. The minimum atomic E-state index is -1.41. The highest BCUT2D eigenvalue weighted by Crippen LogP contribution is 2.41. The third-order valence-electron chi connectivity index (χ3n) is 7.96. The molecule has 42 heavy (non-hydrogen) atoms. The molecule has 0 radical (unpaired) electrons. The lowest BCUT2D eigenvalue weighted by Crippen LogP contribution is -2.56. The number of hydrogen-bond acceptors (Lipinski definition) is 11. The maximum Gasteiger partial charge on any atom is 0.251 e. The number of piperidine rings is 1.